The molecule has 0 spiro atoms. The second-order valence-electron chi connectivity index (χ2n) is 7.79. The highest BCUT2D eigenvalue weighted by molar-refractivity contribution is 5.99. The SMILES string of the molecule is COc1ccc(-c2nc3n(n2)C(c2ccccc2[N+](=O)[O-])C2=C(CCCC2=O)N3)cc1OC. The van der Waals surface area contributed by atoms with Gasteiger partial charge < -0.3 is 14.8 Å². The first kappa shape index (κ1) is 20.7. The Hall–Kier alpha value is -4.21. The average Bonchev–Trinajstić information content (AvgIpc) is 3.26. The zero-order valence-corrected chi connectivity index (χ0v) is 18.1. The lowest BCUT2D eigenvalue weighted by molar-refractivity contribution is -0.385. The number of rotatable bonds is 5. The van der Waals surface area contributed by atoms with Crippen LogP contribution in [0.3, 0.4) is 0 Å². The van der Waals surface area contributed by atoms with Crippen LogP contribution in [0.2, 0.25) is 0 Å². The second kappa shape index (κ2) is 8.05. The molecule has 1 aliphatic carbocycles. The molecule has 33 heavy (non-hydrogen) atoms. The van der Waals surface area contributed by atoms with Gasteiger partial charge in [-0.1, -0.05) is 12.1 Å². The van der Waals surface area contributed by atoms with Crippen molar-refractivity contribution in [2.45, 2.75) is 25.3 Å². The molecule has 5 rings (SSSR count). The van der Waals surface area contributed by atoms with E-state index in [1.165, 1.54) is 6.07 Å². The van der Waals surface area contributed by atoms with Gasteiger partial charge in [-0.25, -0.2) is 4.68 Å². The summed E-state index contributed by atoms with van der Waals surface area (Å²) in [4.78, 5) is 29.0. The first-order valence-electron chi connectivity index (χ1n) is 10.5. The van der Waals surface area contributed by atoms with Crippen LogP contribution in [-0.4, -0.2) is 39.7 Å². The number of carbonyl (C=O) groups excluding carboxylic acids is 1. The number of fused-ring (bicyclic) bond motifs is 1. The van der Waals surface area contributed by atoms with Gasteiger partial charge in [0.05, 0.1) is 24.7 Å². The molecule has 1 aromatic heterocycles. The van der Waals surface area contributed by atoms with Crippen molar-refractivity contribution in [3.05, 3.63) is 69.4 Å². The number of aromatic nitrogens is 3. The molecule has 2 aromatic carbocycles. The molecule has 0 saturated heterocycles. The molecule has 1 atom stereocenters. The van der Waals surface area contributed by atoms with Crippen LogP contribution >= 0.6 is 0 Å². The number of ether oxygens (including phenoxy) is 2. The standard InChI is InChI=1S/C23H21N5O5/c1-32-18-11-10-13(12-19(18)33-2)22-25-23-24-15-7-5-9-17(29)20(15)21(27(23)26-22)14-6-3-4-8-16(14)28(30)31/h3-4,6,8,10-12,21H,5,7,9H2,1-2H3,(H,24,25,26). The Balaban J connectivity index is 1.69. The van der Waals surface area contributed by atoms with Gasteiger partial charge in [-0.05, 0) is 37.1 Å². The Morgan fingerprint density at radius 3 is 2.67 bits per heavy atom. The number of hydrogen-bond acceptors (Lipinski definition) is 8. The van der Waals surface area contributed by atoms with Gasteiger partial charge in [0.1, 0.15) is 6.04 Å². The molecule has 3 aromatic rings. The Labute approximate surface area is 189 Å². The highest BCUT2D eigenvalue weighted by Gasteiger charge is 2.39. The summed E-state index contributed by atoms with van der Waals surface area (Å²) >= 11 is 0. The smallest absolute Gasteiger partial charge is 0.275 e. The molecule has 0 fully saturated rings. The normalized spacial score (nSPS) is 17.2. The Bertz CT molecular complexity index is 1310. The first-order valence-corrected chi connectivity index (χ1v) is 10.5. The fourth-order valence-corrected chi connectivity index (χ4v) is 4.43. The van der Waals surface area contributed by atoms with Crippen LogP contribution in [0, 0.1) is 10.1 Å². The number of nitrogens with one attached hydrogen (secondary N) is 1. The molecule has 0 bridgehead atoms. The molecule has 10 nitrogen and oxygen atoms in total. The number of allylic oxidation sites excluding steroid dienone is 2. The summed E-state index contributed by atoms with van der Waals surface area (Å²) in [6.45, 7) is 0. The van der Waals surface area contributed by atoms with Crippen molar-refractivity contribution >= 4 is 17.4 Å². The number of nitro groups is 1. The van der Waals surface area contributed by atoms with Crippen molar-refractivity contribution in [1.29, 1.82) is 0 Å². The molecule has 1 unspecified atom stereocenters. The molecule has 0 saturated carbocycles. The molecule has 1 N–H and O–H groups in total. The number of hydrogen-bond donors (Lipinski definition) is 1. The number of nitrogens with zero attached hydrogens (tertiary/aromatic N) is 4. The topological polar surface area (TPSA) is 121 Å². The van der Waals surface area contributed by atoms with E-state index in [1.54, 1.807) is 55.3 Å². The zero-order valence-electron chi connectivity index (χ0n) is 18.1. The van der Waals surface area contributed by atoms with Crippen molar-refractivity contribution in [3.8, 4) is 22.9 Å². The lowest BCUT2D eigenvalue weighted by Crippen LogP contribution is -2.31. The number of nitro benzene ring substituents is 1. The number of ketones is 1. The van der Waals surface area contributed by atoms with E-state index in [0.717, 1.165) is 5.70 Å². The monoisotopic (exact) mass is 447 g/mol. The van der Waals surface area contributed by atoms with Crippen LogP contribution in [0.1, 0.15) is 30.9 Å². The van der Waals surface area contributed by atoms with Crippen LogP contribution in [0.5, 0.6) is 11.5 Å². The van der Waals surface area contributed by atoms with E-state index >= 15 is 0 Å². The summed E-state index contributed by atoms with van der Waals surface area (Å²) in [5.41, 5.74) is 2.27. The average molecular weight is 447 g/mol. The van der Waals surface area contributed by atoms with E-state index in [0.29, 0.717) is 59.2 Å². The van der Waals surface area contributed by atoms with Gasteiger partial charge >= 0.3 is 0 Å². The van der Waals surface area contributed by atoms with Gasteiger partial charge in [-0.3, -0.25) is 14.9 Å². The number of para-hydroxylation sites is 1. The predicted molar refractivity (Wildman–Crippen MR) is 119 cm³/mol. The summed E-state index contributed by atoms with van der Waals surface area (Å²) in [6.07, 6.45) is 1.77. The maximum absolute atomic E-state index is 13.0. The number of benzene rings is 2. The zero-order chi connectivity index (χ0) is 23.1. The molecule has 168 valence electrons. The third-order valence-electron chi connectivity index (χ3n) is 5.94. The maximum Gasteiger partial charge on any atom is 0.275 e. The number of carbonyl (C=O) groups is 1. The number of Topliss-reactive ketones (excluding diaryl/α,β-unsaturated/α-hetero) is 1. The van der Waals surface area contributed by atoms with Crippen molar-refractivity contribution in [1.82, 2.24) is 14.8 Å². The lowest BCUT2D eigenvalue weighted by Gasteiger charge is -2.31. The van der Waals surface area contributed by atoms with Gasteiger partial charge in [0, 0.05) is 29.3 Å². The molecule has 2 heterocycles. The van der Waals surface area contributed by atoms with E-state index in [2.05, 4.69) is 15.4 Å². The molecule has 0 radical (unpaired) electrons. The molecular weight excluding hydrogens is 426 g/mol. The van der Waals surface area contributed by atoms with Crippen LogP contribution in [0.4, 0.5) is 11.6 Å². The Morgan fingerprint density at radius 1 is 1.12 bits per heavy atom. The predicted octanol–water partition coefficient (Wildman–Crippen LogP) is 3.89. The second-order valence-corrected chi connectivity index (χ2v) is 7.79. The van der Waals surface area contributed by atoms with Crippen molar-refractivity contribution in [2.24, 2.45) is 0 Å². The van der Waals surface area contributed by atoms with Gasteiger partial charge in [0.25, 0.3) is 5.69 Å². The van der Waals surface area contributed by atoms with E-state index in [-0.39, 0.29) is 11.5 Å². The fourth-order valence-electron chi connectivity index (χ4n) is 4.43. The van der Waals surface area contributed by atoms with Crippen molar-refractivity contribution in [3.63, 3.8) is 0 Å². The van der Waals surface area contributed by atoms with E-state index in [1.807, 2.05) is 0 Å². The van der Waals surface area contributed by atoms with Gasteiger partial charge in [-0.15, -0.1) is 5.10 Å². The van der Waals surface area contributed by atoms with Crippen LogP contribution in [0.25, 0.3) is 11.4 Å². The van der Waals surface area contributed by atoms with Crippen molar-refractivity contribution in [2.75, 3.05) is 19.5 Å². The highest BCUT2D eigenvalue weighted by Crippen LogP contribution is 2.43. The molecule has 0 amide bonds. The van der Waals surface area contributed by atoms with Crippen LogP contribution in [0.15, 0.2) is 53.7 Å². The maximum atomic E-state index is 13.0. The first-order chi connectivity index (χ1) is 16.0. The third kappa shape index (κ3) is 3.39. The minimum Gasteiger partial charge on any atom is -0.493 e. The van der Waals surface area contributed by atoms with E-state index < -0.39 is 11.0 Å². The summed E-state index contributed by atoms with van der Waals surface area (Å²) in [7, 11) is 3.10. The Kier molecular flexibility index (Phi) is 5.04. The van der Waals surface area contributed by atoms with E-state index in [9.17, 15) is 14.9 Å². The minimum absolute atomic E-state index is 0.0410. The lowest BCUT2D eigenvalue weighted by atomic mass is 9.85. The molecule has 10 heteroatoms. The fraction of sp³-hybridized carbons (Fsp3) is 0.261. The van der Waals surface area contributed by atoms with Gasteiger partial charge in [0.2, 0.25) is 5.95 Å². The molecular formula is C23H21N5O5. The molecule has 1 aliphatic heterocycles. The third-order valence-corrected chi connectivity index (χ3v) is 5.94. The number of methoxy groups -OCH3 is 2. The van der Waals surface area contributed by atoms with Gasteiger partial charge in [0.15, 0.2) is 23.1 Å². The molecule has 2 aliphatic rings. The van der Waals surface area contributed by atoms with Gasteiger partial charge in [-0.2, -0.15) is 4.98 Å². The van der Waals surface area contributed by atoms with Crippen molar-refractivity contribution < 1.29 is 19.2 Å². The van der Waals surface area contributed by atoms with Crippen LogP contribution in [-0.2, 0) is 4.79 Å². The summed E-state index contributed by atoms with van der Waals surface area (Å²) in [5, 5.41) is 19.7. The number of anilines is 1. The summed E-state index contributed by atoms with van der Waals surface area (Å²) in [6, 6.07) is 11.0. The largest absolute Gasteiger partial charge is 0.493 e. The quantitative estimate of drug-likeness (QED) is 0.462. The van der Waals surface area contributed by atoms with Crippen LogP contribution < -0.4 is 14.8 Å². The van der Waals surface area contributed by atoms with E-state index in [4.69, 9.17) is 9.47 Å². The summed E-state index contributed by atoms with van der Waals surface area (Å²) in [5.74, 6) is 1.88. The Morgan fingerprint density at radius 2 is 1.91 bits per heavy atom. The summed E-state index contributed by atoms with van der Waals surface area (Å²) < 4.78 is 12.3. The minimum atomic E-state index is -0.743. The highest BCUT2D eigenvalue weighted by atomic mass is 16.6.